The molecule has 1 N–H and O–H groups in total. The van der Waals surface area contributed by atoms with Crippen LogP contribution in [0.2, 0.25) is 0 Å². The molecule has 0 amide bonds. The van der Waals surface area contributed by atoms with E-state index in [2.05, 4.69) is 15.0 Å². The Hall–Kier alpha value is -2.07. The maximum absolute atomic E-state index is 10.4. The Morgan fingerprint density at radius 3 is 3.00 bits per heavy atom. The Labute approximate surface area is 92.6 Å². The SMILES string of the molecule is [N-]=[N+]=NC(CCCC(=O)O)c1ccccn1. The van der Waals surface area contributed by atoms with Crippen LogP contribution in [0.25, 0.3) is 10.4 Å². The van der Waals surface area contributed by atoms with Gasteiger partial charge in [0.05, 0.1) is 6.04 Å². The average Bonchev–Trinajstić information content (AvgIpc) is 2.29. The Morgan fingerprint density at radius 2 is 2.44 bits per heavy atom. The molecule has 0 aliphatic rings. The molecule has 1 aromatic rings. The van der Waals surface area contributed by atoms with Crippen molar-refractivity contribution in [3.05, 3.63) is 40.5 Å². The Balaban J connectivity index is 2.62. The molecule has 0 aliphatic heterocycles. The molecule has 0 spiro atoms. The van der Waals surface area contributed by atoms with Crippen LogP contribution < -0.4 is 0 Å². The highest BCUT2D eigenvalue weighted by Crippen LogP contribution is 2.21. The first-order valence-corrected chi connectivity index (χ1v) is 4.91. The quantitative estimate of drug-likeness (QED) is 0.453. The largest absolute Gasteiger partial charge is 0.481 e. The molecule has 1 atom stereocenters. The molecule has 0 saturated heterocycles. The van der Waals surface area contributed by atoms with Crippen LogP contribution in [0.5, 0.6) is 0 Å². The van der Waals surface area contributed by atoms with E-state index < -0.39 is 5.97 Å². The number of azide groups is 1. The van der Waals surface area contributed by atoms with Gasteiger partial charge in [-0.05, 0) is 30.5 Å². The molecule has 0 fully saturated rings. The zero-order valence-corrected chi connectivity index (χ0v) is 8.65. The summed E-state index contributed by atoms with van der Waals surface area (Å²) in [4.78, 5) is 17.2. The average molecular weight is 220 g/mol. The van der Waals surface area contributed by atoms with Crippen LogP contribution in [0.4, 0.5) is 0 Å². The van der Waals surface area contributed by atoms with Crippen molar-refractivity contribution in [2.45, 2.75) is 25.3 Å². The lowest BCUT2D eigenvalue weighted by Gasteiger charge is -2.08. The van der Waals surface area contributed by atoms with Gasteiger partial charge in [-0.25, -0.2) is 0 Å². The summed E-state index contributed by atoms with van der Waals surface area (Å²) < 4.78 is 0. The van der Waals surface area contributed by atoms with Gasteiger partial charge in [0.2, 0.25) is 0 Å². The first-order valence-electron chi connectivity index (χ1n) is 4.91. The summed E-state index contributed by atoms with van der Waals surface area (Å²) in [7, 11) is 0. The number of aromatic nitrogens is 1. The van der Waals surface area contributed by atoms with E-state index >= 15 is 0 Å². The molecular formula is C10H12N4O2. The molecule has 0 aliphatic carbocycles. The van der Waals surface area contributed by atoms with Crippen molar-refractivity contribution in [3.63, 3.8) is 0 Å². The maximum atomic E-state index is 10.4. The van der Waals surface area contributed by atoms with E-state index in [0.717, 1.165) is 0 Å². The van der Waals surface area contributed by atoms with E-state index in [1.165, 1.54) is 0 Å². The summed E-state index contributed by atoms with van der Waals surface area (Å²) in [6.07, 6.45) is 2.65. The lowest BCUT2D eigenvalue weighted by atomic mass is 10.1. The summed E-state index contributed by atoms with van der Waals surface area (Å²) >= 11 is 0. The molecule has 1 rings (SSSR count). The summed E-state index contributed by atoms with van der Waals surface area (Å²) in [5.41, 5.74) is 9.09. The lowest BCUT2D eigenvalue weighted by Crippen LogP contribution is -2.00. The standard InChI is InChI=1S/C10H12N4O2/c11-14-13-9(5-3-6-10(15)16)8-4-1-2-7-12-8/h1-2,4,7,9H,3,5-6H2,(H,15,16). The van der Waals surface area contributed by atoms with E-state index in [9.17, 15) is 4.79 Å². The van der Waals surface area contributed by atoms with Gasteiger partial charge in [-0.1, -0.05) is 11.2 Å². The fourth-order valence-corrected chi connectivity index (χ4v) is 1.35. The number of hydrogen-bond acceptors (Lipinski definition) is 3. The van der Waals surface area contributed by atoms with Gasteiger partial charge in [0.25, 0.3) is 0 Å². The van der Waals surface area contributed by atoms with Crippen molar-refractivity contribution in [3.8, 4) is 0 Å². The van der Waals surface area contributed by atoms with E-state index in [0.29, 0.717) is 18.5 Å². The predicted molar refractivity (Wildman–Crippen MR) is 57.6 cm³/mol. The van der Waals surface area contributed by atoms with Crippen LogP contribution in [0.3, 0.4) is 0 Å². The Kier molecular flexibility index (Phi) is 4.82. The fraction of sp³-hybridized carbons (Fsp3) is 0.400. The van der Waals surface area contributed by atoms with Crippen molar-refractivity contribution < 1.29 is 9.90 Å². The first kappa shape index (κ1) is 12.0. The summed E-state index contributed by atoms with van der Waals surface area (Å²) in [6, 6.07) is 4.96. The topological polar surface area (TPSA) is 99.0 Å². The van der Waals surface area contributed by atoms with E-state index in [4.69, 9.17) is 10.6 Å². The molecule has 0 bridgehead atoms. The van der Waals surface area contributed by atoms with Gasteiger partial charge in [-0.2, -0.15) is 0 Å². The Morgan fingerprint density at radius 1 is 1.62 bits per heavy atom. The second-order valence-electron chi connectivity index (χ2n) is 3.26. The molecule has 1 heterocycles. The van der Waals surface area contributed by atoms with Gasteiger partial charge in [-0.15, -0.1) is 0 Å². The zero-order chi connectivity index (χ0) is 11.8. The monoisotopic (exact) mass is 220 g/mol. The van der Waals surface area contributed by atoms with Gasteiger partial charge in [-0.3, -0.25) is 9.78 Å². The van der Waals surface area contributed by atoms with Gasteiger partial charge in [0.1, 0.15) is 0 Å². The van der Waals surface area contributed by atoms with Crippen LogP contribution in [-0.2, 0) is 4.79 Å². The van der Waals surface area contributed by atoms with Crippen molar-refractivity contribution in [2.75, 3.05) is 0 Å². The van der Waals surface area contributed by atoms with Gasteiger partial charge >= 0.3 is 5.97 Å². The van der Waals surface area contributed by atoms with E-state index in [-0.39, 0.29) is 12.5 Å². The summed E-state index contributed by atoms with van der Waals surface area (Å²) in [5, 5.41) is 12.1. The molecular weight excluding hydrogens is 208 g/mol. The van der Waals surface area contributed by atoms with Crippen LogP contribution in [0, 0.1) is 0 Å². The molecule has 1 unspecified atom stereocenters. The lowest BCUT2D eigenvalue weighted by molar-refractivity contribution is -0.137. The third-order valence-electron chi connectivity index (χ3n) is 2.09. The van der Waals surface area contributed by atoms with Crippen molar-refractivity contribution >= 4 is 5.97 Å². The summed E-state index contributed by atoms with van der Waals surface area (Å²) in [6.45, 7) is 0. The van der Waals surface area contributed by atoms with Gasteiger partial charge in [0.15, 0.2) is 0 Å². The molecule has 0 aromatic carbocycles. The normalized spacial score (nSPS) is 11.5. The zero-order valence-electron chi connectivity index (χ0n) is 8.65. The van der Waals surface area contributed by atoms with Crippen molar-refractivity contribution in [2.24, 2.45) is 5.11 Å². The van der Waals surface area contributed by atoms with Crippen LogP contribution in [0.15, 0.2) is 29.5 Å². The van der Waals surface area contributed by atoms with Crippen LogP contribution in [-0.4, -0.2) is 16.1 Å². The van der Waals surface area contributed by atoms with Crippen molar-refractivity contribution in [1.82, 2.24) is 4.98 Å². The maximum Gasteiger partial charge on any atom is 0.303 e. The van der Waals surface area contributed by atoms with Crippen LogP contribution >= 0.6 is 0 Å². The third-order valence-corrected chi connectivity index (χ3v) is 2.09. The van der Waals surface area contributed by atoms with E-state index in [1.54, 1.807) is 24.4 Å². The first-order chi connectivity index (χ1) is 7.74. The Bertz CT molecular complexity index is 387. The molecule has 6 heteroatoms. The second-order valence-corrected chi connectivity index (χ2v) is 3.26. The van der Waals surface area contributed by atoms with Crippen LogP contribution in [0.1, 0.15) is 31.0 Å². The second kappa shape index (κ2) is 6.42. The summed E-state index contributed by atoms with van der Waals surface area (Å²) in [5.74, 6) is -0.847. The molecule has 16 heavy (non-hydrogen) atoms. The molecule has 0 radical (unpaired) electrons. The minimum atomic E-state index is -0.847. The van der Waals surface area contributed by atoms with Crippen molar-refractivity contribution in [1.29, 1.82) is 0 Å². The number of carboxylic acid groups (broad SMARTS) is 1. The highest BCUT2D eigenvalue weighted by atomic mass is 16.4. The number of pyridine rings is 1. The molecule has 1 aromatic heterocycles. The number of nitrogens with zero attached hydrogens (tertiary/aromatic N) is 4. The molecule has 0 saturated carbocycles. The number of carboxylic acids is 1. The number of rotatable bonds is 6. The van der Waals surface area contributed by atoms with Gasteiger partial charge < -0.3 is 5.11 Å². The minimum absolute atomic E-state index is 0.0737. The highest BCUT2D eigenvalue weighted by Gasteiger charge is 2.10. The predicted octanol–water partition coefficient (Wildman–Crippen LogP) is 2.69. The van der Waals surface area contributed by atoms with Gasteiger partial charge in [0, 0.05) is 23.2 Å². The third kappa shape index (κ3) is 3.98. The smallest absolute Gasteiger partial charge is 0.303 e. The molecule has 84 valence electrons. The molecule has 6 nitrogen and oxygen atoms in total. The number of carbonyl (C=O) groups is 1. The minimum Gasteiger partial charge on any atom is -0.481 e. The highest BCUT2D eigenvalue weighted by molar-refractivity contribution is 5.66. The number of hydrogen-bond donors (Lipinski definition) is 1. The number of aliphatic carboxylic acids is 1. The fourth-order valence-electron chi connectivity index (χ4n) is 1.35. The van der Waals surface area contributed by atoms with E-state index in [1.807, 2.05) is 0 Å².